The molecule has 4 aromatic carbocycles. The van der Waals surface area contributed by atoms with Gasteiger partial charge in [0.1, 0.15) is 0 Å². The number of para-hydroxylation sites is 1. The van der Waals surface area contributed by atoms with Crippen LogP contribution in [0.4, 0.5) is 5.69 Å². The molecule has 0 aliphatic rings. The molecule has 35 heavy (non-hydrogen) atoms. The van der Waals surface area contributed by atoms with Crippen LogP contribution in [0, 0.1) is 13.8 Å². The molecule has 0 fully saturated rings. The first-order chi connectivity index (χ1) is 17.0. The Hall–Kier alpha value is -4.64. The largest absolute Gasteiger partial charge is 0.322 e. The molecule has 0 atom stereocenters. The topological polar surface area (TPSA) is 66.9 Å². The van der Waals surface area contributed by atoms with Gasteiger partial charge in [-0.25, -0.2) is 4.68 Å². The van der Waals surface area contributed by atoms with Crippen molar-refractivity contribution in [2.24, 2.45) is 0 Å². The van der Waals surface area contributed by atoms with Gasteiger partial charge in [0.25, 0.3) is 11.5 Å². The average molecular weight is 460 g/mol. The van der Waals surface area contributed by atoms with Gasteiger partial charge in [-0.2, -0.15) is 0 Å². The molecule has 5 nitrogen and oxygen atoms in total. The van der Waals surface area contributed by atoms with E-state index in [2.05, 4.69) is 16.5 Å². The Morgan fingerprint density at radius 1 is 0.743 bits per heavy atom. The molecular formula is C30H25N3O2. The van der Waals surface area contributed by atoms with Crippen molar-refractivity contribution in [3.8, 4) is 28.1 Å². The fourth-order valence-electron chi connectivity index (χ4n) is 4.18. The van der Waals surface area contributed by atoms with Crippen LogP contribution in [0.5, 0.6) is 0 Å². The lowest BCUT2D eigenvalue weighted by molar-refractivity contribution is 0.102. The zero-order valence-corrected chi connectivity index (χ0v) is 19.6. The maximum Gasteiger partial charge on any atom is 0.279 e. The van der Waals surface area contributed by atoms with Gasteiger partial charge in [0, 0.05) is 16.8 Å². The first-order valence-corrected chi connectivity index (χ1v) is 11.5. The van der Waals surface area contributed by atoms with Crippen LogP contribution in [0.1, 0.15) is 21.5 Å². The highest BCUT2D eigenvalue weighted by molar-refractivity contribution is 6.04. The molecule has 0 bridgehead atoms. The first kappa shape index (κ1) is 22.2. The Labute approximate surface area is 203 Å². The molecule has 0 spiro atoms. The molecule has 0 aliphatic carbocycles. The second-order valence-electron chi connectivity index (χ2n) is 8.61. The van der Waals surface area contributed by atoms with E-state index >= 15 is 0 Å². The summed E-state index contributed by atoms with van der Waals surface area (Å²) in [6.07, 6.45) is 0. The van der Waals surface area contributed by atoms with Gasteiger partial charge in [-0.1, -0.05) is 71.8 Å². The summed E-state index contributed by atoms with van der Waals surface area (Å²) in [4.78, 5) is 26.2. The number of hydrogen-bond donors (Lipinski definition) is 2. The van der Waals surface area contributed by atoms with E-state index in [4.69, 9.17) is 0 Å². The number of nitrogens with zero attached hydrogens (tertiary/aromatic N) is 1. The van der Waals surface area contributed by atoms with Crippen molar-refractivity contribution in [3.63, 3.8) is 0 Å². The molecule has 0 unspecified atom stereocenters. The van der Waals surface area contributed by atoms with E-state index in [0.29, 0.717) is 16.8 Å². The minimum atomic E-state index is -0.171. The predicted molar refractivity (Wildman–Crippen MR) is 141 cm³/mol. The fraction of sp³-hybridized carbons (Fsp3) is 0.0667. The molecule has 0 saturated heterocycles. The third kappa shape index (κ3) is 4.57. The molecule has 1 aromatic heterocycles. The van der Waals surface area contributed by atoms with Crippen LogP contribution < -0.4 is 10.9 Å². The molecule has 5 rings (SSSR count). The summed E-state index contributed by atoms with van der Waals surface area (Å²) in [7, 11) is 0. The van der Waals surface area contributed by atoms with Crippen LogP contribution in [-0.4, -0.2) is 15.7 Å². The van der Waals surface area contributed by atoms with Crippen molar-refractivity contribution in [1.29, 1.82) is 0 Å². The number of benzene rings is 4. The maximum absolute atomic E-state index is 13.6. The minimum Gasteiger partial charge on any atom is -0.322 e. The number of H-pyrrole nitrogens is 1. The number of anilines is 1. The molecular weight excluding hydrogens is 434 g/mol. The van der Waals surface area contributed by atoms with Crippen molar-refractivity contribution < 1.29 is 4.79 Å². The molecule has 0 saturated carbocycles. The zero-order valence-electron chi connectivity index (χ0n) is 19.6. The summed E-state index contributed by atoms with van der Waals surface area (Å²) < 4.78 is 1.57. The highest BCUT2D eigenvalue weighted by atomic mass is 16.1. The van der Waals surface area contributed by atoms with Crippen molar-refractivity contribution >= 4 is 11.6 Å². The van der Waals surface area contributed by atoms with Gasteiger partial charge in [0.05, 0.1) is 16.9 Å². The third-order valence-electron chi connectivity index (χ3n) is 5.92. The van der Waals surface area contributed by atoms with Gasteiger partial charge in [-0.3, -0.25) is 14.7 Å². The lowest BCUT2D eigenvalue weighted by atomic mass is 10.00. The highest BCUT2D eigenvalue weighted by Crippen LogP contribution is 2.30. The minimum absolute atomic E-state index is 0.135. The molecule has 172 valence electrons. The highest BCUT2D eigenvalue weighted by Gasteiger charge is 2.19. The molecule has 1 amide bonds. The van der Waals surface area contributed by atoms with Gasteiger partial charge >= 0.3 is 0 Å². The number of aromatic nitrogens is 2. The SMILES string of the molecule is Cc1cccc(C(=O)Nc2ccc(-c3c(-c4cccc(C)c4)[nH]n(-c4ccccc4)c3=O)cc2)c1. The number of aromatic amines is 1. The molecule has 0 radical (unpaired) electrons. The molecule has 2 N–H and O–H groups in total. The van der Waals surface area contributed by atoms with Crippen molar-refractivity contribution in [1.82, 2.24) is 9.78 Å². The third-order valence-corrected chi connectivity index (χ3v) is 5.92. The Balaban J connectivity index is 1.54. The normalized spacial score (nSPS) is 10.8. The molecule has 0 aliphatic heterocycles. The van der Waals surface area contributed by atoms with E-state index in [1.54, 1.807) is 10.7 Å². The van der Waals surface area contributed by atoms with Crippen molar-refractivity contribution in [2.75, 3.05) is 5.32 Å². The zero-order chi connectivity index (χ0) is 24.4. The first-order valence-electron chi connectivity index (χ1n) is 11.5. The Bertz CT molecular complexity index is 1560. The molecule has 5 aromatic rings. The van der Waals surface area contributed by atoms with Crippen LogP contribution in [0.25, 0.3) is 28.1 Å². The summed E-state index contributed by atoms with van der Waals surface area (Å²) in [6, 6.07) is 32.4. The van der Waals surface area contributed by atoms with E-state index in [-0.39, 0.29) is 11.5 Å². The summed E-state index contributed by atoms with van der Waals surface area (Å²) >= 11 is 0. The predicted octanol–water partition coefficient (Wildman–Crippen LogP) is 6.37. The van der Waals surface area contributed by atoms with Gasteiger partial charge in [-0.05, 0) is 61.9 Å². The smallest absolute Gasteiger partial charge is 0.279 e. The van der Waals surface area contributed by atoms with Crippen LogP contribution >= 0.6 is 0 Å². The number of carbonyl (C=O) groups is 1. The van der Waals surface area contributed by atoms with Crippen LogP contribution in [0.2, 0.25) is 0 Å². The summed E-state index contributed by atoms with van der Waals surface area (Å²) in [6.45, 7) is 3.98. The molecule has 1 heterocycles. The second-order valence-corrected chi connectivity index (χ2v) is 8.61. The van der Waals surface area contributed by atoms with Crippen LogP contribution in [-0.2, 0) is 0 Å². The lowest BCUT2D eigenvalue weighted by Gasteiger charge is -2.08. The number of aryl methyl sites for hydroxylation is 2. The van der Waals surface area contributed by atoms with E-state index in [9.17, 15) is 9.59 Å². The number of rotatable bonds is 5. The number of carbonyl (C=O) groups excluding carboxylic acids is 1. The number of hydrogen-bond acceptors (Lipinski definition) is 2. The number of amides is 1. The second kappa shape index (κ2) is 9.31. The van der Waals surface area contributed by atoms with Crippen molar-refractivity contribution in [3.05, 3.63) is 130 Å². The summed E-state index contributed by atoms with van der Waals surface area (Å²) in [5, 5.41) is 6.25. The van der Waals surface area contributed by atoms with Crippen LogP contribution in [0.15, 0.2) is 108 Å². The van der Waals surface area contributed by atoms with E-state index in [1.807, 2.05) is 105 Å². The van der Waals surface area contributed by atoms with E-state index < -0.39 is 0 Å². The lowest BCUT2D eigenvalue weighted by Crippen LogP contribution is -2.15. The summed E-state index contributed by atoms with van der Waals surface area (Å²) in [5.74, 6) is -0.171. The maximum atomic E-state index is 13.6. The van der Waals surface area contributed by atoms with Crippen molar-refractivity contribution in [2.45, 2.75) is 13.8 Å². The standard InChI is InChI=1S/C30H25N3O2/c1-20-8-6-10-23(18-20)28-27(30(35)33(32-28)26-12-4-3-5-13-26)22-14-16-25(17-15-22)31-29(34)24-11-7-9-21(2)19-24/h3-19,32H,1-2H3,(H,31,34). The Morgan fingerprint density at radius 2 is 1.43 bits per heavy atom. The Kier molecular flexibility index (Phi) is 5.90. The number of nitrogens with one attached hydrogen (secondary N) is 2. The average Bonchev–Trinajstić information content (AvgIpc) is 3.22. The van der Waals surface area contributed by atoms with Gasteiger partial charge in [-0.15, -0.1) is 0 Å². The monoisotopic (exact) mass is 459 g/mol. The Morgan fingerprint density at radius 3 is 2.11 bits per heavy atom. The quantitative estimate of drug-likeness (QED) is 0.321. The van der Waals surface area contributed by atoms with Gasteiger partial charge in [0.15, 0.2) is 0 Å². The molecule has 5 heteroatoms. The van der Waals surface area contributed by atoms with Crippen LogP contribution in [0.3, 0.4) is 0 Å². The van der Waals surface area contributed by atoms with E-state index in [0.717, 1.165) is 33.6 Å². The van der Waals surface area contributed by atoms with Gasteiger partial charge in [0.2, 0.25) is 0 Å². The summed E-state index contributed by atoms with van der Waals surface area (Å²) in [5.41, 5.74) is 7.06. The fourth-order valence-corrected chi connectivity index (χ4v) is 4.18. The van der Waals surface area contributed by atoms with E-state index in [1.165, 1.54) is 0 Å². The van der Waals surface area contributed by atoms with Gasteiger partial charge < -0.3 is 5.32 Å².